The van der Waals surface area contributed by atoms with Gasteiger partial charge in [0.1, 0.15) is 6.04 Å². The van der Waals surface area contributed by atoms with Crippen molar-refractivity contribution >= 4 is 21.7 Å². The average molecular weight is 376 g/mol. The van der Waals surface area contributed by atoms with Crippen molar-refractivity contribution in [1.82, 2.24) is 14.1 Å². The van der Waals surface area contributed by atoms with E-state index in [1.54, 1.807) is 37.8 Å². The largest absolute Gasteiger partial charge is 0.308 e. The molecule has 140 valence electrons. The minimum absolute atomic E-state index is 0.306. The first-order chi connectivity index (χ1) is 12.2. The predicted molar refractivity (Wildman–Crippen MR) is 99.4 cm³/mol. The number of carbonyl (C=O) groups is 1. The van der Waals surface area contributed by atoms with Crippen LogP contribution >= 0.6 is 0 Å². The van der Waals surface area contributed by atoms with Crippen LogP contribution in [0, 0.1) is 20.8 Å². The van der Waals surface area contributed by atoms with E-state index in [0.29, 0.717) is 41.2 Å². The summed E-state index contributed by atoms with van der Waals surface area (Å²) in [5.41, 5.74) is 2.43. The maximum atomic E-state index is 13.3. The van der Waals surface area contributed by atoms with E-state index in [1.165, 1.54) is 4.31 Å². The zero-order valence-electron chi connectivity index (χ0n) is 15.5. The quantitative estimate of drug-likeness (QED) is 0.886. The smallest absolute Gasteiger partial charge is 0.244 e. The molecular weight excluding hydrogens is 352 g/mol. The number of rotatable bonds is 4. The third-order valence-electron chi connectivity index (χ3n) is 4.64. The fraction of sp³-hybridized carbons (Fsp3) is 0.444. The van der Waals surface area contributed by atoms with Gasteiger partial charge in [0.2, 0.25) is 15.9 Å². The molecule has 0 radical (unpaired) electrons. The van der Waals surface area contributed by atoms with Gasteiger partial charge in [-0.25, -0.2) is 8.42 Å². The molecule has 0 aliphatic carbocycles. The summed E-state index contributed by atoms with van der Waals surface area (Å²) in [6.45, 7) is 5.88. The molecule has 3 rings (SSSR count). The van der Waals surface area contributed by atoms with Crippen molar-refractivity contribution in [2.24, 2.45) is 7.05 Å². The Hall–Kier alpha value is -2.19. The molecule has 1 aliphatic rings. The van der Waals surface area contributed by atoms with Crippen LogP contribution in [0.25, 0.3) is 0 Å². The van der Waals surface area contributed by atoms with Gasteiger partial charge in [0.15, 0.2) is 5.82 Å². The Morgan fingerprint density at radius 3 is 2.46 bits per heavy atom. The predicted octanol–water partition coefficient (Wildman–Crippen LogP) is 2.14. The van der Waals surface area contributed by atoms with Crippen LogP contribution in [-0.4, -0.2) is 41.0 Å². The molecule has 0 bridgehead atoms. The number of nitrogens with zero attached hydrogens (tertiary/aromatic N) is 3. The van der Waals surface area contributed by atoms with E-state index in [-0.39, 0.29) is 5.91 Å². The second-order valence-corrected chi connectivity index (χ2v) is 8.69. The van der Waals surface area contributed by atoms with E-state index >= 15 is 0 Å². The molecule has 1 aromatic heterocycles. The third kappa shape index (κ3) is 3.39. The van der Waals surface area contributed by atoms with Gasteiger partial charge in [-0.05, 0) is 44.7 Å². The Morgan fingerprint density at radius 2 is 1.88 bits per heavy atom. The third-order valence-corrected chi connectivity index (χ3v) is 6.86. The number of amides is 1. The monoisotopic (exact) mass is 376 g/mol. The van der Waals surface area contributed by atoms with Crippen molar-refractivity contribution in [3.63, 3.8) is 0 Å². The fourth-order valence-electron chi connectivity index (χ4n) is 3.67. The number of anilines is 1. The highest BCUT2D eigenvalue weighted by Gasteiger charge is 2.40. The Balaban J connectivity index is 1.90. The van der Waals surface area contributed by atoms with Crippen LogP contribution in [0.2, 0.25) is 0 Å². The summed E-state index contributed by atoms with van der Waals surface area (Å²) in [5, 5.41) is 6.84. The highest BCUT2D eigenvalue weighted by molar-refractivity contribution is 7.89. The van der Waals surface area contributed by atoms with Gasteiger partial charge in [-0.2, -0.15) is 9.40 Å². The number of nitrogens with one attached hydrogen (secondary N) is 1. The zero-order valence-corrected chi connectivity index (χ0v) is 16.3. The summed E-state index contributed by atoms with van der Waals surface area (Å²) >= 11 is 0. The Bertz CT molecular complexity index is 926. The van der Waals surface area contributed by atoms with Crippen LogP contribution in [-0.2, 0) is 21.9 Å². The summed E-state index contributed by atoms with van der Waals surface area (Å²) in [6.07, 6.45) is 2.88. The standard InChI is InChI=1S/C18H24N4O3S/c1-12-10-13(2)17(14(3)11-12)26(24,25)22-8-5-6-15(22)18(23)19-16-7-9-21(4)20-16/h7,9-11,15H,5-6,8H2,1-4H3,(H,19,20,23)/t15-/m0/s1. The van der Waals surface area contributed by atoms with Crippen molar-refractivity contribution in [3.05, 3.63) is 41.1 Å². The normalized spacial score (nSPS) is 18.2. The molecule has 0 unspecified atom stereocenters. The first-order valence-electron chi connectivity index (χ1n) is 8.60. The lowest BCUT2D eigenvalue weighted by Crippen LogP contribution is -2.43. The van der Waals surface area contributed by atoms with Crippen molar-refractivity contribution in [3.8, 4) is 0 Å². The van der Waals surface area contributed by atoms with E-state index in [0.717, 1.165) is 5.56 Å². The van der Waals surface area contributed by atoms with E-state index in [1.807, 2.05) is 19.1 Å². The molecule has 7 nitrogen and oxygen atoms in total. The molecule has 0 saturated carbocycles. The summed E-state index contributed by atoms with van der Waals surface area (Å²) in [7, 11) is -2.00. The highest BCUT2D eigenvalue weighted by atomic mass is 32.2. The molecular formula is C18H24N4O3S. The molecule has 0 spiro atoms. The van der Waals surface area contributed by atoms with Crippen LogP contribution in [0.3, 0.4) is 0 Å². The van der Waals surface area contributed by atoms with Gasteiger partial charge >= 0.3 is 0 Å². The van der Waals surface area contributed by atoms with Gasteiger partial charge in [-0.3, -0.25) is 9.48 Å². The summed E-state index contributed by atoms with van der Waals surface area (Å²) in [4.78, 5) is 13.0. The molecule has 1 saturated heterocycles. The molecule has 26 heavy (non-hydrogen) atoms. The van der Waals surface area contributed by atoms with Crippen LogP contribution in [0.15, 0.2) is 29.3 Å². The van der Waals surface area contributed by atoms with Crippen LogP contribution < -0.4 is 5.32 Å². The number of aryl methyl sites for hydroxylation is 4. The van der Waals surface area contributed by atoms with E-state index in [2.05, 4.69) is 10.4 Å². The highest BCUT2D eigenvalue weighted by Crippen LogP contribution is 2.31. The molecule has 1 amide bonds. The van der Waals surface area contributed by atoms with Crippen molar-refractivity contribution in [2.75, 3.05) is 11.9 Å². The molecule has 1 fully saturated rings. The van der Waals surface area contributed by atoms with Crippen LogP contribution in [0.5, 0.6) is 0 Å². The molecule has 1 aromatic carbocycles. The molecule has 1 N–H and O–H groups in total. The molecule has 8 heteroatoms. The van der Waals surface area contributed by atoms with Crippen molar-refractivity contribution in [1.29, 1.82) is 0 Å². The summed E-state index contributed by atoms with van der Waals surface area (Å²) < 4.78 is 29.5. The Morgan fingerprint density at radius 1 is 1.23 bits per heavy atom. The summed E-state index contributed by atoms with van der Waals surface area (Å²) in [6, 6.07) is 4.68. The zero-order chi connectivity index (χ0) is 19.1. The topological polar surface area (TPSA) is 84.3 Å². The second kappa shape index (κ2) is 6.85. The van der Waals surface area contributed by atoms with Gasteiger partial charge in [0.25, 0.3) is 0 Å². The molecule has 2 aromatic rings. The number of carbonyl (C=O) groups excluding carboxylic acids is 1. The van der Waals surface area contributed by atoms with E-state index < -0.39 is 16.1 Å². The lowest BCUT2D eigenvalue weighted by molar-refractivity contribution is -0.119. The average Bonchev–Trinajstić information content (AvgIpc) is 3.15. The van der Waals surface area contributed by atoms with E-state index in [9.17, 15) is 13.2 Å². The van der Waals surface area contributed by atoms with Gasteiger partial charge in [0, 0.05) is 25.9 Å². The lowest BCUT2D eigenvalue weighted by atomic mass is 10.1. The molecule has 1 atom stereocenters. The van der Waals surface area contributed by atoms with Gasteiger partial charge in [-0.15, -0.1) is 0 Å². The SMILES string of the molecule is Cc1cc(C)c(S(=O)(=O)N2CCC[C@H]2C(=O)Nc2ccn(C)n2)c(C)c1. The number of aromatic nitrogens is 2. The van der Waals surface area contributed by atoms with Gasteiger partial charge < -0.3 is 5.32 Å². The minimum Gasteiger partial charge on any atom is -0.308 e. The Labute approximate surface area is 154 Å². The lowest BCUT2D eigenvalue weighted by Gasteiger charge is -2.25. The molecule has 2 heterocycles. The van der Waals surface area contributed by atoms with Gasteiger partial charge in [0.05, 0.1) is 4.90 Å². The number of benzene rings is 1. The maximum absolute atomic E-state index is 13.3. The van der Waals surface area contributed by atoms with E-state index in [4.69, 9.17) is 0 Å². The number of hydrogen-bond donors (Lipinski definition) is 1. The van der Waals surface area contributed by atoms with Crippen LogP contribution in [0.1, 0.15) is 29.5 Å². The Kier molecular flexibility index (Phi) is 4.90. The number of sulfonamides is 1. The molecule has 1 aliphatic heterocycles. The fourth-order valence-corrected chi connectivity index (χ4v) is 5.74. The van der Waals surface area contributed by atoms with Crippen molar-refractivity contribution in [2.45, 2.75) is 44.6 Å². The van der Waals surface area contributed by atoms with Crippen molar-refractivity contribution < 1.29 is 13.2 Å². The summed E-state index contributed by atoms with van der Waals surface area (Å²) in [5.74, 6) is 0.0802. The second-order valence-electron chi connectivity index (χ2n) is 6.87. The number of hydrogen-bond acceptors (Lipinski definition) is 4. The maximum Gasteiger partial charge on any atom is 0.244 e. The minimum atomic E-state index is -3.75. The first-order valence-corrected chi connectivity index (χ1v) is 10.0. The van der Waals surface area contributed by atoms with Crippen LogP contribution in [0.4, 0.5) is 5.82 Å². The van der Waals surface area contributed by atoms with Gasteiger partial charge in [-0.1, -0.05) is 17.7 Å². The first kappa shape index (κ1) is 18.6.